The first-order valence-electron chi connectivity index (χ1n) is 7.52. The largest absolute Gasteiger partial charge is 0.298 e. The maximum atomic E-state index is 13.4. The minimum atomic E-state index is -0.923. The number of carbonyl (C=O) groups excluding carboxylic acids is 1. The Hall–Kier alpha value is -2.66. The quantitative estimate of drug-likeness (QED) is 0.794. The van der Waals surface area contributed by atoms with Crippen LogP contribution in [0, 0.1) is 11.6 Å². The van der Waals surface area contributed by atoms with Crippen LogP contribution in [0.1, 0.15) is 11.1 Å². The van der Waals surface area contributed by atoms with Crippen molar-refractivity contribution in [2.24, 2.45) is 0 Å². The van der Waals surface area contributed by atoms with Crippen molar-refractivity contribution < 1.29 is 13.6 Å². The Morgan fingerprint density at radius 3 is 2.21 bits per heavy atom. The van der Waals surface area contributed by atoms with Gasteiger partial charge in [0, 0.05) is 36.6 Å². The second kappa shape index (κ2) is 6.84. The molecule has 2 aromatic rings. The van der Waals surface area contributed by atoms with Crippen LogP contribution in [-0.2, 0) is 4.79 Å². The monoisotopic (exact) mass is 326 g/mol. The first-order chi connectivity index (χ1) is 11.5. The van der Waals surface area contributed by atoms with Gasteiger partial charge in [-0.15, -0.1) is 0 Å². The molecule has 0 spiro atoms. The van der Waals surface area contributed by atoms with Crippen LogP contribution in [-0.4, -0.2) is 35.8 Å². The summed E-state index contributed by atoms with van der Waals surface area (Å²) in [4.78, 5) is 18.6. The summed E-state index contributed by atoms with van der Waals surface area (Å²) in [5, 5.41) is 0. The Morgan fingerprint density at radius 1 is 0.958 bits per heavy atom. The minimum Gasteiger partial charge on any atom is -0.298 e. The van der Waals surface area contributed by atoms with Crippen molar-refractivity contribution in [1.82, 2.24) is 9.88 Å². The van der Waals surface area contributed by atoms with Crippen LogP contribution in [0.4, 0.5) is 8.78 Å². The number of piperidine rings is 1. The number of nitrogens with zero attached hydrogens (tertiary/aromatic N) is 2. The molecule has 1 aliphatic heterocycles. The number of pyridine rings is 1. The van der Waals surface area contributed by atoms with Gasteiger partial charge in [0.2, 0.25) is 0 Å². The SMILES string of the molecule is CN1CC(=Cc2ccncc2)C(=O)/C(=C/c2ccc(F)c(F)c2)C1. The van der Waals surface area contributed by atoms with Crippen LogP contribution in [0.3, 0.4) is 0 Å². The minimum absolute atomic E-state index is 0.0744. The summed E-state index contributed by atoms with van der Waals surface area (Å²) in [5.74, 6) is -1.90. The van der Waals surface area contributed by atoms with Gasteiger partial charge in [0.15, 0.2) is 17.4 Å². The predicted molar refractivity (Wildman–Crippen MR) is 89.1 cm³/mol. The van der Waals surface area contributed by atoms with E-state index in [1.54, 1.807) is 18.5 Å². The lowest BCUT2D eigenvalue weighted by Crippen LogP contribution is -2.34. The molecular formula is C19H16F2N2O. The molecular weight excluding hydrogens is 310 g/mol. The molecule has 0 radical (unpaired) electrons. The molecule has 1 saturated heterocycles. The zero-order valence-electron chi connectivity index (χ0n) is 13.2. The smallest absolute Gasteiger partial charge is 0.187 e. The third-order valence-electron chi connectivity index (χ3n) is 3.80. The second-order valence-electron chi connectivity index (χ2n) is 5.79. The first kappa shape index (κ1) is 16.2. The Kier molecular flexibility index (Phi) is 4.62. The fourth-order valence-electron chi connectivity index (χ4n) is 2.67. The first-order valence-corrected chi connectivity index (χ1v) is 7.52. The lowest BCUT2D eigenvalue weighted by atomic mass is 9.95. The van der Waals surface area contributed by atoms with E-state index in [9.17, 15) is 13.6 Å². The van der Waals surface area contributed by atoms with Gasteiger partial charge in [0.25, 0.3) is 0 Å². The van der Waals surface area contributed by atoms with Crippen LogP contribution in [0.5, 0.6) is 0 Å². The Bertz CT molecular complexity index is 829. The number of halogens is 2. The molecule has 0 amide bonds. The predicted octanol–water partition coefficient (Wildman–Crippen LogP) is 3.34. The molecule has 1 fully saturated rings. The summed E-state index contributed by atoms with van der Waals surface area (Å²) in [7, 11) is 1.91. The number of Topliss-reactive ketones (excluding diaryl/α,β-unsaturated/α-hetero) is 1. The average molecular weight is 326 g/mol. The van der Waals surface area contributed by atoms with Gasteiger partial charge in [0.1, 0.15) is 0 Å². The molecule has 0 N–H and O–H groups in total. The van der Waals surface area contributed by atoms with Gasteiger partial charge in [-0.25, -0.2) is 8.78 Å². The Morgan fingerprint density at radius 2 is 1.58 bits per heavy atom. The highest BCUT2D eigenvalue weighted by molar-refractivity contribution is 6.14. The molecule has 0 bridgehead atoms. The van der Waals surface area contributed by atoms with Gasteiger partial charge in [-0.2, -0.15) is 0 Å². The van der Waals surface area contributed by atoms with Crippen molar-refractivity contribution in [2.75, 3.05) is 20.1 Å². The summed E-state index contributed by atoms with van der Waals surface area (Å²) >= 11 is 0. The van der Waals surface area contributed by atoms with E-state index in [1.165, 1.54) is 6.07 Å². The van der Waals surface area contributed by atoms with Crippen molar-refractivity contribution in [3.8, 4) is 0 Å². The zero-order chi connectivity index (χ0) is 17.1. The Balaban J connectivity index is 1.93. The molecule has 1 aromatic carbocycles. The molecule has 3 rings (SSSR count). The summed E-state index contributed by atoms with van der Waals surface area (Å²) < 4.78 is 26.4. The third-order valence-corrected chi connectivity index (χ3v) is 3.80. The average Bonchev–Trinajstić information content (AvgIpc) is 2.56. The number of hydrogen-bond acceptors (Lipinski definition) is 3. The fourth-order valence-corrected chi connectivity index (χ4v) is 2.67. The molecule has 3 nitrogen and oxygen atoms in total. The van der Waals surface area contributed by atoms with Gasteiger partial charge in [-0.3, -0.25) is 14.7 Å². The van der Waals surface area contributed by atoms with Gasteiger partial charge in [-0.1, -0.05) is 6.07 Å². The molecule has 1 aromatic heterocycles. The van der Waals surface area contributed by atoms with E-state index >= 15 is 0 Å². The van der Waals surface area contributed by atoms with Crippen LogP contribution in [0.25, 0.3) is 12.2 Å². The highest BCUT2D eigenvalue weighted by atomic mass is 19.2. The van der Waals surface area contributed by atoms with Crippen molar-refractivity contribution >= 4 is 17.9 Å². The van der Waals surface area contributed by atoms with E-state index in [2.05, 4.69) is 4.98 Å². The summed E-state index contributed by atoms with van der Waals surface area (Å²) in [6.07, 6.45) is 6.78. The fraction of sp³-hybridized carbons (Fsp3) is 0.158. The number of likely N-dealkylation sites (tertiary alicyclic amines) is 1. The maximum Gasteiger partial charge on any atom is 0.187 e. The van der Waals surface area contributed by atoms with Gasteiger partial charge in [-0.05, 0) is 54.6 Å². The van der Waals surface area contributed by atoms with E-state index in [1.807, 2.05) is 30.2 Å². The molecule has 122 valence electrons. The summed E-state index contributed by atoms with van der Waals surface area (Å²) in [6, 6.07) is 7.27. The van der Waals surface area contributed by atoms with Gasteiger partial charge >= 0.3 is 0 Å². The molecule has 0 unspecified atom stereocenters. The lowest BCUT2D eigenvalue weighted by Gasteiger charge is -2.26. The van der Waals surface area contributed by atoms with E-state index in [0.29, 0.717) is 29.8 Å². The molecule has 24 heavy (non-hydrogen) atoms. The molecule has 0 saturated carbocycles. The molecule has 2 heterocycles. The molecule has 0 aliphatic carbocycles. The van der Waals surface area contributed by atoms with E-state index in [0.717, 1.165) is 17.7 Å². The second-order valence-corrected chi connectivity index (χ2v) is 5.79. The summed E-state index contributed by atoms with van der Waals surface area (Å²) in [6.45, 7) is 1.00. The summed E-state index contributed by atoms with van der Waals surface area (Å²) in [5.41, 5.74) is 2.57. The van der Waals surface area contributed by atoms with Crippen LogP contribution in [0.2, 0.25) is 0 Å². The molecule has 0 atom stereocenters. The molecule has 1 aliphatic rings. The van der Waals surface area contributed by atoms with Crippen LogP contribution < -0.4 is 0 Å². The number of carbonyl (C=O) groups is 1. The number of likely N-dealkylation sites (N-methyl/N-ethyl adjacent to an activating group) is 1. The van der Waals surface area contributed by atoms with Crippen molar-refractivity contribution in [3.63, 3.8) is 0 Å². The number of hydrogen-bond donors (Lipinski definition) is 0. The highest BCUT2D eigenvalue weighted by Crippen LogP contribution is 2.21. The van der Waals surface area contributed by atoms with Gasteiger partial charge < -0.3 is 0 Å². The standard InChI is InChI=1S/C19H16F2N2O/c1-23-11-15(8-13-4-6-22-7-5-13)19(24)16(12-23)9-14-2-3-17(20)18(21)10-14/h2-10H,11-12H2,1H3/b15-8?,16-9+. The van der Waals surface area contributed by atoms with Crippen molar-refractivity contribution in [1.29, 1.82) is 0 Å². The van der Waals surface area contributed by atoms with E-state index in [4.69, 9.17) is 0 Å². The normalized spacial score (nSPS) is 19.2. The van der Waals surface area contributed by atoms with E-state index < -0.39 is 11.6 Å². The number of aromatic nitrogens is 1. The topological polar surface area (TPSA) is 33.2 Å². The third kappa shape index (κ3) is 3.63. The molecule has 5 heteroatoms. The van der Waals surface area contributed by atoms with Crippen molar-refractivity contribution in [2.45, 2.75) is 0 Å². The zero-order valence-corrected chi connectivity index (χ0v) is 13.2. The Labute approximate surface area is 138 Å². The highest BCUT2D eigenvalue weighted by Gasteiger charge is 2.23. The number of ketones is 1. The van der Waals surface area contributed by atoms with Gasteiger partial charge in [0.05, 0.1) is 0 Å². The van der Waals surface area contributed by atoms with E-state index in [-0.39, 0.29) is 5.78 Å². The number of benzene rings is 1. The van der Waals surface area contributed by atoms with Crippen LogP contribution in [0.15, 0.2) is 53.9 Å². The van der Waals surface area contributed by atoms with Crippen LogP contribution >= 0.6 is 0 Å². The van der Waals surface area contributed by atoms with Crippen molar-refractivity contribution in [3.05, 3.63) is 76.6 Å². The number of rotatable bonds is 2. The lowest BCUT2D eigenvalue weighted by molar-refractivity contribution is -0.113. The maximum absolute atomic E-state index is 13.4.